The lowest BCUT2D eigenvalue weighted by Crippen LogP contribution is -2.67. The molecule has 1 aromatic rings. The molecule has 0 radical (unpaired) electrons. The van der Waals surface area contributed by atoms with E-state index in [1.165, 1.54) is 11.0 Å². The zero-order chi connectivity index (χ0) is 23.8. The third-order valence-corrected chi connectivity index (χ3v) is 8.31. The van der Waals surface area contributed by atoms with Crippen molar-refractivity contribution in [2.45, 2.75) is 50.0 Å². The first-order valence-electron chi connectivity index (χ1n) is 10.6. The summed E-state index contributed by atoms with van der Waals surface area (Å²) in [5, 5.41) is 30.2. The zero-order valence-corrected chi connectivity index (χ0v) is 20.8. The van der Waals surface area contributed by atoms with E-state index in [0.29, 0.717) is 36.5 Å². The quantitative estimate of drug-likeness (QED) is 0.454. The maximum absolute atomic E-state index is 12.9. The van der Waals surface area contributed by atoms with E-state index in [1.54, 1.807) is 11.0 Å². The number of carbonyl (C=O) groups is 1. The van der Waals surface area contributed by atoms with E-state index in [-0.39, 0.29) is 42.4 Å². The summed E-state index contributed by atoms with van der Waals surface area (Å²) in [6.45, 7) is 6.43. The minimum absolute atomic E-state index is 0.000688. The fraction of sp³-hybridized carbons (Fsp3) is 0.667. The molecule has 2 atom stereocenters. The Labute approximate surface area is 201 Å². The molecule has 2 heterocycles. The number of aromatic hydroxyl groups is 1. The molecule has 180 valence electrons. The molecule has 4 N–H and O–H groups in total. The SMILES string of the molecule is CC(C)(C)[S+]([O-])NC(c1cc(Cl)c(Cl)cc1O)C1CCN(C(=O)N2CC(O)(CO)C2)CC1. The van der Waals surface area contributed by atoms with E-state index < -0.39 is 27.8 Å². The van der Waals surface area contributed by atoms with Crippen LogP contribution in [0.25, 0.3) is 0 Å². The topological polar surface area (TPSA) is 119 Å². The van der Waals surface area contributed by atoms with Crippen molar-refractivity contribution >= 4 is 40.6 Å². The fourth-order valence-electron chi connectivity index (χ4n) is 4.03. The predicted molar refractivity (Wildman–Crippen MR) is 125 cm³/mol. The number of phenols is 1. The van der Waals surface area contributed by atoms with Gasteiger partial charge in [-0.3, -0.25) is 0 Å². The van der Waals surface area contributed by atoms with Gasteiger partial charge in [-0.05, 0) is 45.6 Å². The number of benzene rings is 1. The number of rotatable bonds is 5. The smallest absolute Gasteiger partial charge is 0.320 e. The summed E-state index contributed by atoms with van der Waals surface area (Å²) in [4.78, 5) is 15.9. The van der Waals surface area contributed by atoms with Crippen molar-refractivity contribution in [2.24, 2.45) is 5.92 Å². The molecule has 2 aliphatic heterocycles. The van der Waals surface area contributed by atoms with E-state index in [4.69, 9.17) is 23.2 Å². The van der Waals surface area contributed by atoms with Gasteiger partial charge in [0.25, 0.3) is 0 Å². The van der Waals surface area contributed by atoms with Gasteiger partial charge < -0.3 is 29.7 Å². The first-order valence-corrected chi connectivity index (χ1v) is 12.5. The maximum atomic E-state index is 12.9. The van der Waals surface area contributed by atoms with Crippen LogP contribution in [-0.4, -0.2) is 78.8 Å². The van der Waals surface area contributed by atoms with Crippen LogP contribution in [0.3, 0.4) is 0 Å². The molecule has 2 aliphatic rings. The van der Waals surface area contributed by atoms with Gasteiger partial charge in [-0.1, -0.05) is 23.2 Å². The number of nitrogens with one attached hydrogen (secondary N) is 1. The second-order valence-corrected chi connectivity index (χ2v) is 12.5. The predicted octanol–water partition coefficient (Wildman–Crippen LogP) is 2.66. The van der Waals surface area contributed by atoms with Crippen molar-refractivity contribution in [3.8, 4) is 5.75 Å². The monoisotopic (exact) mass is 507 g/mol. The number of hydrogen-bond acceptors (Lipinski definition) is 6. The number of hydrogen-bond donors (Lipinski definition) is 4. The second kappa shape index (κ2) is 9.74. The van der Waals surface area contributed by atoms with Gasteiger partial charge in [-0.25, -0.2) is 4.79 Å². The number of aliphatic hydroxyl groups excluding tert-OH is 1. The van der Waals surface area contributed by atoms with Crippen LogP contribution in [0.15, 0.2) is 12.1 Å². The fourth-order valence-corrected chi connectivity index (χ4v) is 5.26. The standard InChI is InChI=1S/C21H31Cl2N3O5S/c1-20(2,3)32(31)24-18(14-8-15(22)16(23)9-17(14)28)13-4-6-25(7-5-13)19(29)26-10-21(30,11-26)12-27/h8-9,13,18,24,27-28,30H,4-7,10-12H2,1-3H3. The molecule has 2 fully saturated rings. The molecular formula is C21H31Cl2N3O5S. The van der Waals surface area contributed by atoms with Crippen LogP contribution in [-0.2, 0) is 11.4 Å². The normalized spacial score (nSPS) is 21.2. The Bertz CT molecular complexity index is 839. The molecule has 0 aromatic heterocycles. The summed E-state index contributed by atoms with van der Waals surface area (Å²) in [7, 11) is 0. The minimum Gasteiger partial charge on any atom is -0.598 e. The highest BCUT2D eigenvalue weighted by Gasteiger charge is 2.45. The van der Waals surface area contributed by atoms with Crippen LogP contribution < -0.4 is 4.72 Å². The maximum Gasteiger partial charge on any atom is 0.320 e. The molecule has 32 heavy (non-hydrogen) atoms. The summed E-state index contributed by atoms with van der Waals surface area (Å²) in [5.41, 5.74) is -0.677. The summed E-state index contributed by atoms with van der Waals surface area (Å²) in [6, 6.07) is 2.38. The molecular weight excluding hydrogens is 477 g/mol. The summed E-state index contributed by atoms with van der Waals surface area (Å²) in [5.74, 6) is -0.0237. The van der Waals surface area contributed by atoms with Gasteiger partial charge >= 0.3 is 6.03 Å². The van der Waals surface area contributed by atoms with Crippen molar-refractivity contribution in [2.75, 3.05) is 32.8 Å². The second-order valence-electron chi connectivity index (χ2n) is 9.65. The molecule has 0 spiro atoms. The van der Waals surface area contributed by atoms with Crippen molar-refractivity contribution in [3.05, 3.63) is 27.7 Å². The van der Waals surface area contributed by atoms with E-state index in [0.717, 1.165) is 0 Å². The largest absolute Gasteiger partial charge is 0.598 e. The van der Waals surface area contributed by atoms with Gasteiger partial charge in [0.05, 0.1) is 35.8 Å². The van der Waals surface area contributed by atoms with Gasteiger partial charge in [-0.2, -0.15) is 0 Å². The Hall–Kier alpha value is -0.940. The Balaban J connectivity index is 1.73. The van der Waals surface area contributed by atoms with Crippen LogP contribution >= 0.6 is 23.2 Å². The van der Waals surface area contributed by atoms with Crippen LogP contribution in [0.4, 0.5) is 4.79 Å². The minimum atomic E-state index is -1.39. The van der Waals surface area contributed by atoms with Gasteiger partial charge in [0.1, 0.15) is 16.1 Å². The summed E-state index contributed by atoms with van der Waals surface area (Å²) >= 11 is 10.8. The number of halogens is 2. The van der Waals surface area contributed by atoms with Crippen LogP contribution in [0.1, 0.15) is 45.2 Å². The lowest BCUT2D eigenvalue weighted by Gasteiger charge is -2.48. The third kappa shape index (κ3) is 5.58. The number of carbonyl (C=O) groups excluding carboxylic acids is 1. The molecule has 2 unspecified atom stereocenters. The number of nitrogens with zero attached hydrogens (tertiary/aromatic N) is 2. The zero-order valence-electron chi connectivity index (χ0n) is 18.5. The highest BCUT2D eigenvalue weighted by Crippen LogP contribution is 2.40. The highest BCUT2D eigenvalue weighted by atomic mass is 35.5. The number of urea groups is 1. The van der Waals surface area contributed by atoms with Crippen molar-refractivity contribution in [1.82, 2.24) is 14.5 Å². The van der Waals surface area contributed by atoms with Gasteiger partial charge in [0.2, 0.25) is 0 Å². The van der Waals surface area contributed by atoms with Crippen LogP contribution in [0.5, 0.6) is 5.75 Å². The lowest BCUT2D eigenvalue weighted by atomic mass is 9.85. The average Bonchev–Trinajstić information content (AvgIpc) is 2.71. The molecule has 0 aliphatic carbocycles. The molecule has 1 aromatic carbocycles. The average molecular weight is 508 g/mol. The molecule has 3 rings (SSSR count). The first kappa shape index (κ1) is 25.7. The number of likely N-dealkylation sites (tertiary alicyclic amines) is 2. The molecule has 0 bridgehead atoms. The summed E-state index contributed by atoms with van der Waals surface area (Å²) < 4.78 is 15.6. The van der Waals surface area contributed by atoms with Crippen LogP contribution in [0.2, 0.25) is 10.0 Å². The number of piperidine rings is 1. The Morgan fingerprint density at radius 1 is 1.25 bits per heavy atom. The van der Waals surface area contributed by atoms with Crippen molar-refractivity contribution in [3.63, 3.8) is 0 Å². The number of phenolic OH excluding ortho intramolecular Hbond substituents is 1. The van der Waals surface area contributed by atoms with E-state index >= 15 is 0 Å². The van der Waals surface area contributed by atoms with Gasteiger partial charge in [0, 0.05) is 36.1 Å². The van der Waals surface area contributed by atoms with Gasteiger partial charge in [-0.15, -0.1) is 4.72 Å². The van der Waals surface area contributed by atoms with E-state index in [2.05, 4.69) is 4.72 Å². The lowest BCUT2D eigenvalue weighted by molar-refractivity contribution is -0.111. The summed E-state index contributed by atoms with van der Waals surface area (Å²) in [6.07, 6.45) is 1.26. The number of amides is 2. The molecule has 2 saturated heterocycles. The number of aliphatic hydroxyl groups is 2. The van der Waals surface area contributed by atoms with Crippen LogP contribution in [0, 0.1) is 5.92 Å². The Morgan fingerprint density at radius 3 is 2.34 bits per heavy atom. The highest BCUT2D eigenvalue weighted by molar-refractivity contribution is 7.90. The number of β-amino-alcohol motifs (C(OH)–C–C–N with tert-alkyl or cyclic N) is 1. The van der Waals surface area contributed by atoms with Crippen molar-refractivity contribution in [1.29, 1.82) is 0 Å². The third-order valence-electron chi connectivity index (χ3n) is 6.01. The van der Waals surface area contributed by atoms with E-state index in [1.807, 2.05) is 20.8 Å². The molecule has 8 nitrogen and oxygen atoms in total. The van der Waals surface area contributed by atoms with Gasteiger partial charge in [0.15, 0.2) is 0 Å². The van der Waals surface area contributed by atoms with Crippen molar-refractivity contribution < 1.29 is 24.7 Å². The van der Waals surface area contributed by atoms with E-state index in [9.17, 15) is 24.7 Å². The first-order chi connectivity index (χ1) is 14.8. The molecule has 11 heteroatoms. The Kier molecular flexibility index (Phi) is 7.81. The molecule has 2 amide bonds. The Morgan fingerprint density at radius 2 is 1.81 bits per heavy atom. The molecule has 0 saturated carbocycles.